The molecule has 0 radical (unpaired) electrons. The lowest BCUT2D eigenvalue weighted by atomic mass is 9.84. The van der Waals surface area contributed by atoms with Gasteiger partial charge in [-0.15, -0.1) is 0 Å². The fourth-order valence-electron chi connectivity index (χ4n) is 2.09. The Kier molecular flexibility index (Phi) is 6.38. The second-order valence-electron chi connectivity index (χ2n) is 5.88. The Labute approximate surface area is 136 Å². The van der Waals surface area contributed by atoms with Crippen LogP contribution in [-0.4, -0.2) is 32.4 Å². The summed E-state index contributed by atoms with van der Waals surface area (Å²) < 4.78 is 36.3. The van der Waals surface area contributed by atoms with E-state index in [1.165, 1.54) is 12.1 Å². The molecule has 0 saturated heterocycles. The molecule has 0 spiro atoms. The smallest absolute Gasteiger partial charge is 0.235 e. The number of hydrogen-bond donors (Lipinski definition) is 1. The zero-order valence-electron chi connectivity index (χ0n) is 12.9. The van der Waals surface area contributed by atoms with E-state index < -0.39 is 32.7 Å². The van der Waals surface area contributed by atoms with E-state index in [1.54, 1.807) is 13.0 Å². The Balaban J connectivity index is 2.71. The van der Waals surface area contributed by atoms with Crippen LogP contribution in [0.4, 0.5) is 4.39 Å². The summed E-state index contributed by atoms with van der Waals surface area (Å²) in [6, 6.07) is 4.08. The number of benzene rings is 1. The predicted octanol–water partition coefficient (Wildman–Crippen LogP) is 2.70. The van der Waals surface area contributed by atoms with Crippen molar-refractivity contribution in [3.63, 3.8) is 0 Å². The number of halogens is 2. The minimum Gasteiger partial charge on any atom is -0.354 e. The second-order valence-corrected chi connectivity index (χ2v) is 8.47. The van der Waals surface area contributed by atoms with Crippen molar-refractivity contribution < 1.29 is 17.6 Å². The van der Waals surface area contributed by atoms with Gasteiger partial charge in [0.15, 0.2) is 9.84 Å². The number of carbonyl (C=O) groups excluding carboxylic acids is 1. The molecule has 0 aliphatic carbocycles. The molecule has 0 atom stereocenters. The molecule has 0 unspecified atom stereocenters. The van der Waals surface area contributed by atoms with Crippen LogP contribution < -0.4 is 5.32 Å². The summed E-state index contributed by atoms with van der Waals surface area (Å²) in [4.78, 5) is 11.8. The van der Waals surface area contributed by atoms with Crippen LogP contribution >= 0.6 is 11.6 Å². The first kappa shape index (κ1) is 18.9. The van der Waals surface area contributed by atoms with Crippen molar-refractivity contribution in [2.24, 2.45) is 0 Å². The van der Waals surface area contributed by atoms with E-state index in [1.807, 2.05) is 13.8 Å². The van der Waals surface area contributed by atoms with E-state index in [-0.39, 0.29) is 17.3 Å². The highest BCUT2D eigenvalue weighted by molar-refractivity contribution is 7.92. The molecule has 7 heteroatoms. The first-order valence-electron chi connectivity index (χ1n) is 7.00. The normalized spacial score (nSPS) is 12.2. The lowest BCUT2D eigenvalue weighted by Gasteiger charge is -2.26. The van der Waals surface area contributed by atoms with Gasteiger partial charge in [-0.1, -0.05) is 38.4 Å². The summed E-state index contributed by atoms with van der Waals surface area (Å²) in [5.74, 6) is -1.50. The van der Waals surface area contributed by atoms with Crippen molar-refractivity contribution in [2.75, 3.05) is 18.1 Å². The van der Waals surface area contributed by atoms with Gasteiger partial charge in [0.05, 0.1) is 5.75 Å². The molecule has 0 aromatic heterocycles. The third-order valence-corrected chi connectivity index (χ3v) is 5.30. The second kappa shape index (κ2) is 7.42. The first-order chi connectivity index (χ1) is 10.1. The Hall–Kier alpha value is -1.14. The molecular weight excluding hydrogens is 329 g/mol. The minimum atomic E-state index is -3.36. The highest BCUT2D eigenvalue weighted by atomic mass is 35.5. The highest BCUT2D eigenvalue weighted by Gasteiger charge is 2.25. The fraction of sp³-hybridized carbons (Fsp3) is 0.533. The number of rotatable bonds is 7. The van der Waals surface area contributed by atoms with Crippen molar-refractivity contribution in [3.05, 3.63) is 34.6 Å². The SMILES string of the molecule is CCCS(=O)(=O)CC(=O)NCC(C)(C)c1ccc(F)cc1Cl. The van der Waals surface area contributed by atoms with Gasteiger partial charge in [0.2, 0.25) is 5.91 Å². The predicted molar refractivity (Wildman–Crippen MR) is 86.4 cm³/mol. The van der Waals surface area contributed by atoms with Gasteiger partial charge in [-0.3, -0.25) is 4.79 Å². The van der Waals surface area contributed by atoms with E-state index in [2.05, 4.69) is 5.32 Å². The van der Waals surface area contributed by atoms with Crippen LogP contribution in [0.25, 0.3) is 0 Å². The first-order valence-corrected chi connectivity index (χ1v) is 9.20. The lowest BCUT2D eigenvalue weighted by Crippen LogP contribution is -2.39. The van der Waals surface area contributed by atoms with Crippen molar-refractivity contribution in [3.8, 4) is 0 Å². The average molecular weight is 350 g/mol. The third kappa shape index (κ3) is 5.57. The van der Waals surface area contributed by atoms with Crippen LogP contribution in [0.5, 0.6) is 0 Å². The number of carbonyl (C=O) groups is 1. The number of hydrogen-bond acceptors (Lipinski definition) is 3. The molecule has 4 nitrogen and oxygen atoms in total. The minimum absolute atomic E-state index is 0.00635. The Morgan fingerprint density at radius 3 is 2.55 bits per heavy atom. The number of sulfone groups is 1. The molecule has 1 aromatic rings. The van der Waals surface area contributed by atoms with E-state index in [0.717, 1.165) is 0 Å². The number of nitrogens with one attached hydrogen (secondary N) is 1. The maximum Gasteiger partial charge on any atom is 0.235 e. The molecule has 0 saturated carbocycles. The zero-order valence-corrected chi connectivity index (χ0v) is 14.5. The Morgan fingerprint density at radius 2 is 2.00 bits per heavy atom. The van der Waals surface area contributed by atoms with Crippen LogP contribution in [0.3, 0.4) is 0 Å². The van der Waals surface area contributed by atoms with Gasteiger partial charge in [-0.05, 0) is 24.1 Å². The van der Waals surface area contributed by atoms with E-state index in [0.29, 0.717) is 12.0 Å². The topological polar surface area (TPSA) is 63.2 Å². The summed E-state index contributed by atoms with van der Waals surface area (Å²) >= 11 is 6.03. The third-order valence-electron chi connectivity index (χ3n) is 3.25. The van der Waals surface area contributed by atoms with Gasteiger partial charge in [0.1, 0.15) is 11.6 Å². The monoisotopic (exact) mass is 349 g/mol. The molecule has 1 rings (SSSR count). The van der Waals surface area contributed by atoms with Crippen molar-refractivity contribution >= 4 is 27.3 Å². The van der Waals surface area contributed by atoms with E-state index in [9.17, 15) is 17.6 Å². The molecule has 1 amide bonds. The van der Waals surface area contributed by atoms with Crippen LogP contribution in [-0.2, 0) is 20.0 Å². The zero-order chi connectivity index (χ0) is 17.0. The molecule has 0 fully saturated rings. The summed E-state index contributed by atoms with van der Waals surface area (Å²) in [6.07, 6.45) is 0.478. The maximum atomic E-state index is 13.1. The number of amides is 1. The largest absolute Gasteiger partial charge is 0.354 e. The molecule has 0 aliphatic heterocycles. The van der Waals surface area contributed by atoms with Crippen LogP contribution in [0, 0.1) is 5.82 Å². The van der Waals surface area contributed by atoms with Gasteiger partial charge in [0.25, 0.3) is 0 Å². The maximum absolute atomic E-state index is 13.1. The van der Waals surface area contributed by atoms with Gasteiger partial charge >= 0.3 is 0 Å². The average Bonchev–Trinajstić information content (AvgIpc) is 2.35. The van der Waals surface area contributed by atoms with Gasteiger partial charge in [0, 0.05) is 17.0 Å². The summed E-state index contributed by atoms with van der Waals surface area (Å²) in [5.41, 5.74) is 0.141. The summed E-state index contributed by atoms with van der Waals surface area (Å²) in [6.45, 7) is 5.63. The van der Waals surface area contributed by atoms with Gasteiger partial charge in [-0.2, -0.15) is 0 Å². The summed E-state index contributed by atoms with van der Waals surface area (Å²) in [7, 11) is -3.36. The molecule has 0 aliphatic rings. The Morgan fingerprint density at radius 1 is 1.36 bits per heavy atom. The van der Waals surface area contributed by atoms with Gasteiger partial charge in [-0.25, -0.2) is 12.8 Å². The molecule has 1 N–H and O–H groups in total. The van der Waals surface area contributed by atoms with E-state index in [4.69, 9.17) is 11.6 Å². The Bertz CT molecular complexity index is 644. The van der Waals surface area contributed by atoms with Crippen molar-refractivity contribution in [1.82, 2.24) is 5.32 Å². The molecule has 0 heterocycles. The van der Waals surface area contributed by atoms with Crippen molar-refractivity contribution in [1.29, 1.82) is 0 Å². The summed E-state index contributed by atoms with van der Waals surface area (Å²) in [5, 5.41) is 2.88. The lowest BCUT2D eigenvalue weighted by molar-refractivity contribution is -0.118. The van der Waals surface area contributed by atoms with Crippen LogP contribution in [0.15, 0.2) is 18.2 Å². The van der Waals surface area contributed by atoms with Crippen LogP contribution in [0.2, 0.25) is 5.02 Å². The quantitative estimate of drug-likeness (QED) is 0.823. The molecular formula is C15H21ClFNO3S. The fourth-order valence-corrected chi connectivity index (χ4v) is 3.78. The molecule has 22 heavy (non-hydrogen) atoms. The molecule has 1 aromatic carbocycles. The molecule has 0 bridgehead atoms. The molecule has 124 valence electrons. The highest BCUT2D eigenvalue weighted by Crippen LogP contribution is 2.29. The van der Waals surface area contributed by atoms with Crippen LogP contribution in [0.1, 0.15) is 32.8 Å². The van der Waals surface area contributed by atoms with Crippen molar-refractivity contribution in [2.45, 2.75) is 32.6 Å². The van der Waals surface area contributed by atoms with E-state index >= 15 is 0 Å². The standard InChI is InChI=1S/C15H21ClFNO3S/c1-4-7-22(20,21)9-14(19)18-10-15(2,3)12-6-5-11(17)8-13(12)16/h5-6,8H,4,7,9-10H2,1-3H3,(H,18,19). The van der Waals surface area contributed by atoms with Gasteiger partial charge < -0.3 is 5.32 Å².